The second-order valence-electron chi connectivity index (χ2n) is 3.19. The molecule has 0 bridgehead atoms. The molecule has 0 spiro atoms. The molecule has 0 fully saturated rings. The van der Waals surface area contributed by atoms with Crippen molar-refractivity contribution in [2.45, 2.75) is 27.4 Å². The molecule has 0 heterocycles. The highest BCUT2D eigenvalue weighted by molar-refractivity contribution is 5.21. The van der Waals surface area contributed by atoms with Gasteiger partial charge in [-0.15, -0.1) is 0 Å². The lowest BCUT2D eigenvalue weighted by Gasteiger charge is -2.06. The summed E-state index contributed by atoms with van der Waals surface area (Å²) in [5, 5.41) is 0. The minimum absolute atomic E-state index is 0.685. The Bertz CT molecular complexity index is 241. The summed E-state index contributed by atoms with van der Waals surface area (Å²) in [7, 11) is 0. The molecule has 0 N–H and O–H groups in total. The van der Waals surface area contributed by atoms with E-state index < -0.39 is 0 Å². The van der Waals surface area contributed by atoms with E-state index in [0.29, 0.717) is 6.61 Å². The average Bonchev–Trinajstić information content (AvgIpc) is 2.01. The molecule has 12 heavy (non-hydrogen) atoms. The van der Waals surface area contributed by atoms with Gasteiger partial charge in [-0.3, -0.25) is 0 Å². The molecule has 0 aromatic heterocycles. The van der Waals surface area contributed by atoms with E-state index in [-0.39, 0.29) is 0 Å². The number of ether oxygens (including phenoxy) is 1. The summed E-state index contributed by atoms with van der Waals surface area (Å²) in [5.74, 6) is 0. The average molecular weight is 163 g/mol. The van der Waals surface area contributed by atoms with Gasteiger partial charge in [0.15, 0.2) is 0 Å². The van der Waals surface area contributed by atoms with Gasteiger partial charge in [0.25, 0.3) is 0 Å². The van der Waals surface area contributed by atoms with Gasteiger partial charge in [-0.05, 0) is 26.3 Å². The Morgan fingerprint density at radius 3 is 2.67 bits per heavy atom. The SMILES string of the molecule is C[C](C)OCc1cccc(C)c1. The van der Waals surface area contributed by atoms with Gasteiger partial charge in [-0.25, -0.2) is 0 Å². The van der Waals surface area contributed by atoms with Crippen molar-refractivity contribution in [1.29, 1.82) is 0 Å². The van der Waals surface area contributed by atoms with Crippen LogP contribution in [-0.2, 0) is 11.3 Å². The summed E-state index contributed by atoms with van der Waals surface area (Å²) in [4.78, 5) is 0. The smallest absolute Gasteiger partial charge is 0.0914 e. The summed E-state index contributed by atoms with van der Waals surface area (Å²) in [6.45, 7) is 6.71. The van der Waals surface area contributed by atoms with Crippen LogP contribution in [0, 0.1) is 13.0 Å². The van der Waals surface area contributed by atoms with Gasteiger partial charge in [0.2, 0.25) is 0 Å². The van der Waals surface area contributed by atoms with Gasteiger partial charge < -0.3 is 4.74 Å². The summed E-state index contributed by atoms with van der Waals surface area (Å²) in [6.07, 6.45) is 1.01. The Hall–Kier alpha value is -0.820. The molecule has 0 saturated heterocycles. The third-order valence-electron chi connectivity index (χ3n) is 1.61. The van der Waals surface area contributed by atoms with Crippen LogP contribution in [0.1, 0.15) is 25.0 Å². The summed E-state index contributed by atoms with van der Waals surface area (Å²) >= 11 is 0. The van der Waals surface area contributed by atoms with Gasteiger partial charge in [-0.2, -0.15) is 0 Å². The number of hydrogen-bond acceptors (Lipinski definition) is 1. The van der Waals surface area contributed by atoms with Gasteiger partial charge in [0.05, 0.1) is 12.7 Å². The Morgan fingerprint density at radius 1 is 1.33 bits per heavy atom. The normalized spacial score (nSPS) is 10.7. The van der Waals surface area contributed by atoms with E-state index in [1.54, 1.807) is 0 Å². The molecule has 0 atom stereocenters. The van der Waals surface area contributed by atoms with E-state index in [2.05, 4.69) is 31.2 Å². The molecular weight excluding hydrogens is 148 g/mol. The zero-order valence-electron chi connectivity index (χ0n) is 7.92. The molecule has 0 aliphatic heterocycles. The molecule has 0 unspecified atom stereocenters. The predicted octanol–water partition coefficient (Wildman–Crippen LogP) is 3.08. The highest BCUT2D eigenvalue weighted by Crippen LogP contribution is 2.08. The van der Waals surface area contributed by atoms with Crippen LogP contribution in [0.2, 0.25) is 0 Å². The molecule has 1 heteroatoms. The van der Waals surface area contributed by atoms with E-state index >= 15 is 0 Å². The quantitative estimate of drug-likeness (QED) is 0.665. The molecule has 0 saturated carbocycles. The van der Waals surface area contributed by atoms with Crippen LogP contribution in [0.5, 0.6) is 0 Å². The first-order chi connectivity index (χ1) is 5.68. The molecule has 0 aliphatic carbocycles. The monoisotopic (exact) mass is 163 g/mol. The maximum Gasteiger partial charge on any atom is 0.0914 e. The van der Waals surface area contributed by atoms with Gasteiger partial charge in [-0.1, -0.05) is 29.8 Å². The minimum Gasteiger partial charge on any atom is -0.368 e. The largest absolute Gasteiger partial charge is 0.368 e. The molecule has 65 valence electrons. The first-order valence-electron chi connectivity index (χ1n) is 4.17. The standard InChI is InChI=1S/C11H15O/c1-9(2)12-8-11-6-4-5-10(3)7-11/h4-7H,8H2,1-3H3. The number of rotatable bonds is 3. The molecule has 1 aromatic rings. The van der Waals surface area contributed by atoms with Crippen LogP contribution in [0.15, 0.2) is 24.3 Å². The number of aryl methyl sites for hydroxylation is 1. The van der Waals surface area contributed by atoms with Crippen molar-refractivity contribution in [2.75, 3.05) is 0 Å². The maximum atomic E-state index is 5.40. The topological polar surface area (TPSA) is 9.23 Å². The van der Waals surface area contributed by atoms with Gasteiger partial charge in [0, 0.05) is 0 Å². The molecule has 0 aliphatic rings. The Labute approximate surface area is 74.4 Å². The maximum absolute atomic E-state index is 5.40. The summed E-state index contributed by atoms with van der Waals surface area (Å²) in [5.41, 5.74) is 2.51. The van der Waals surface area contributed by atoms with Crippen LogP contribution in [-0.4, -0.2) is 0 Å². The molecular formula is C11H15O. The highest BCUT2D eigenvalue weighted by atomic mass is 16.5. The fraction of sp³-hybridized carbons (Fsp3) is 0.364. The van der Waals surface area contributed by atoms with E-state index in [0.717, 1.165) is 6.10 Å². The fourth-order valence-corrected chi connectivity index (χ4v) is 1.03. The molecule has 1 nitrogen and oxygen atoms in total. The van der Waals surface area contributed by atoms with Crippen molar-refractivity contribution in [1.82, 2.24) is 0 Å². The van der Waals surface area contributed by atoms with E-state index in [9.17, 15) is 0 Å². The fourth-order valence-electron chi connectivity index (χ4n) is 1.03. The van der Waals surface area contributed by atoms with Crippen molar-refractivity contribution in [3.8, 4) is 0 Å². The molecule has 1 radical (unpaired) electrons. The third-order valence-corrected chi connectivity index (χ3v) is 1.61. The lowest BCUT2D eigenvalue weighted by Crippen LogP contribution is -1.94. The highest BCUT2D eigenvalue weighted by Gasteiger charge is 1.96. The van der Waals surface area contributed by atoms with E-state index in [4.69, 9.17) is 4.74 Å². The molecule has 1 rings (SSSR count). The lowest BCUT2D eigenvalue weighted by molar-refractivity contribution is 0.143. The third kappa shape index (κ3) is 3.05. The lowest BCUT2D eigenvalue weighted by atomic mass is 10.1. The second kappa shape index (κ2) is 4.27. The van der Waals surface area contributed by atoms with E-state index in [1.807, 2.05) is 13.8 Å². The van der Waals surface area contributed by atoms with Crippen molar-refractivity contribution in [3.63, 3.8) is 0 Å². The zero-order chi connectivity index (χ0) is 8.97. The van der Waals surface area contributed by atoms with Crippen LogP contribution in [0.3, 0.4) is 0 Å². The Balaban J connectivity index is 2.52. The van der Waals surface area contributed by atoms with Crippen LogP contribution < -0.4 is 0 Å². The Morgan fingerprint density at radius 2 is 2.08 bits per heavy atom. The van der Waals surface area contributed by atoms with Gasteiger partial charge >= 0.3 is 0 Å². The summed E-state index contributed by atoms with van der Waals surface area (Å²) < 4.78 is 5.40. The second-order valence-corrected chi connectivity index (χ2v) is 3.19. The molecule has 1 aromatic carbocycles. The Kier molecular flexibility index (Phi) is 3.30. The number of hydrogen-bond donors (Lipinski definition) is 0. The van der Waals surface area contributed by atoms with Crippen LogP contribution >= 0.6 is 0 Å². The predicted molar refractivity (Wildman–Crippen MR) is 50.6 cm³/mol. The minimum atomic E-state index is 0.685. The molecule has 0 amide bonds. The number of benzene rings is 1. The first kappa shape index (κ1) is 9.27. The van der Waals surface area contributed by atoms with Gasteiger partial charge in [0.1, 0.15) is 0 Å². The zero-order valence-corrected chi connectivity index (χ0v) is 7.92. The van der Waals surface area contributed by atoms with Crippen LogP contribution in [0.25, 0.3) is 0 Å². The summed E-state index contributed by atoms with van der Waals surface area (Å²) in [6, 6.07) is 8.36. The van der Waals surface area contributed by atoms with Crippen molar-refractivity contribution < 1.29 is 4.74 Å². The first-order valence-corrected chi connectivity index (χ1v) is 4.17. The van der Waals surface area contributed by atoms with Crippen molar-refractivity contribution in [2.24, 2.45) is 0 Å². The van der Waals surface area contributed by atoms with Crippen LogP contribution in [0.4, 0.5) is 0 Å². The van der Waals surface area contributed by atoms with Crippen molar-refractivity contribution in [3.05, 3.63) is 41.5 Å². The van der Waals surface area contributed by atoms with Crippen molar-refractivity contribution >= 4 is 0 Å². The van der Waals surface area contributed by atoms with E-state index in [1.165, 1.54) is 11.1 Å².